The highest BCUT2D eigenvalue weighted by atomic mass is 32.2. The molecule has 2 aromatic rings. The highest BCUT2D eigenvalue weighted by Gasteiger charge is 2.22. The smallest absolute Gasteiger partial charge is 0.315 e. The van der Waals surface area contributed by atoms with Gasteiger partial charge in [0.2, 0.25) is 10.9 Å². The summed E-state index contributed by atoms with van der Waals surface area (Å²) in [5.41, 5.74) is 0.362. The average Bonchev–Trinajstić information content (AvgIpc) is 3.08. The molecule has 0 fully saturated rings. The van der Waals surface area contributed by atoms with Crippen molar-refractivity contribution in [2.75, 3.05) is 20.0 Å². The van der Waals surface area contributed by atoms with Crippen LogP contribution in [0.1, 0.15) is 38.1 Å². The number of nitro benzene ring substituents is 1. The lowest BCUT2D eigenvalue weighted by atomic mass is 10.2. The van der Waals surface area contributed by atoms with E-state index in [1.54, 1.807) is 10.7 Å². The Balaban J connectivity index is 2.42. The predicted molar refractivity (Wildman–Crippen MR) is 104 cm³/mol. The number of aromatic nitrogens is 3. The Labute approximate surface area is 161 Å². The number of aryl methyl sites for hydroxylation is 1. The number of benzene rings is 1. The van der Waals surface area contributed by atoms with Crippen molar-refractivity contribution >= 4 is 23.7 Å². The summed E-state index contributed by atoms with van der Waals surface area (Å²) in [5.74, 6) is 1.14. The fourth-order valence-electron chi connectivity index (χ4n) is 2.32. The first kappa shape index (κ1) is 20.7. The molecule has 146 valence electrons. The Bertz CT molecular complexity index is 800. The third-order valence-electron chi connectivity index (χ3n) is 3.72. The van der Waals surface area contributed by atoms with Crippen molar-refractivity contribution in [1.29, 1.82) is 0 Å². The summed E-state index contributed by atoms with van der Waals surface area (Å²) in [6, 6.07) is 3.08. The Morgan fingerprint density at radius 3 is 2.74 bits per heavy atom. The molecule has 27 heavy (non-hydrogen) atoms. The molecule has 0 aliphatic heterocycles. The third-order valence-corrected chi connectivity index (χ3v) is 4.34. The maximum Gasteiger partial charge on any atom is 0.315 e. The summed E-state index contributed by atoms with van der Waals surface area (Å²) in [5, 5.41) is 24.7. The zero-order chi connectivity index (χ0) is 19.8. The number of unbranched alkanes of at least 4 members (excludes halogenated alkanes) is 1. The van der Waals surface area contributed by atoms with Gasteiger partial charge in [-0.25, -0.2) is 0 Å². The maximum absolute atomic E-state index is 11.5. The van der Waals surface area contributed by atoms with E-state index in [2.05, 4.69) is 15.3 Å². The molecule has 10 heteroatoms. The number of methoxy groups -OCH3 is 1. The molecule has 0 spiro atoms. The summed E-state index contributed by atoms with van der Waals surface area (Å²) in [7, 11) is 1.45. The van der Waals surface area contributed by atoms with Crippen LogP contribution in [0, 0.1) is 10.1 Å². The SMILES string of the molecule is CCCCOc1c(OC)cc(/C=N\n2c(CC)nnc2SC)cc1[N+](=O)[O-]. The summed E-state index contributed by atoms with van der Waals surface area (Å²) < 4.78 is 12.5. The summed E-state index contributed by atoms with van der Waals surface area (Å²) in [4.78, 5) is 11.0. The molecule has 0 amide bonds. The van der Waals surface area contributed by atoms with Crippen molar-refractivity contribution in [2.45, 2.75) is 38.3 Å². The van der Waals surface area contributed by atoms with Crippen LogP contribution >= 0.6 is 11.8 Å². The van der Waals surface area contributed by atoms with E-state index >= 15 is 0 Å². The molecule has 0 aliphatic rings. The fourth-order valence-corrected chi connectivity index (χ4v) is 2.77. The van der Waals surface area contributed by atoms with Gasteiger partial charge in [0.1, 0.15) is 0 Å². The molecular weight excluding hydrogens is 370 g/mol. The van der Waals surface area contributed by atoms with Gasteiger partial charge in [0, 0.05) is 18.1 Å². The quantitative estimate of drug-likeness (QED) is 0.200. The second-order valence-electron chi connectivity index (χ2n) is 5.54. The maximum atomic E-state index is 11.5. The van der Waals surface area contributed by atoms with Crippen molar-refractivity contribution in [3.8, 4) is 11.5 Å². The van der Waals surface area contributed by atoms with Crippen molar-refractivity contribution in [3.63, 3.8) is 0 Å². The van der Waals surface area contributed by atoms with Crippen LogP contribution in [0.5, 0.6) is 11.5 Å². The second kappa shape index (κ2) is 9.91. The van der Waals surface area contributed by atoms with Gasteiger partial charge in [-0.15, -0.1) is 10.2 Å². The molecule has 0 aliphatic carbocycles. The van der Waals surface area contributed by atoms with E-state index in [0.717, 1.165) is 12.8 Å². The van der Waals surface area contributed by atoms with E-state index in [-0.39, 0.29) is 11.4 Å². The first-order valence-corrected chi connectivity index (χ1v) is 9.79. The molecule has 9 nitrogen and oxygen atoms in total. The first-order valence-electron chi connectivity index (χ1n) is 8.57. The lowest BCUT2D eigenvalue weighted by Crippen LogP contribution is -2.04. The molecule has 1 aromatic carbocycles. The molecule has 1 aromatic heterocycles. The van der Waals surface area contributed by atoms with Gasteiger partial charge in [-0.1, -0.05) is 32.0 Å². The summed E-state index contributed by atoms with van der Waals surface area (Å²) >= 11 is 1.42. The molecule has 1 heterocycles. The molecule has 0 atom stereocenters. The van der Waals surface area contributed by atoms with Crippen LogP contribution in [0.2, 0.25) is 0 Å². The van der Waals surface area contributed by atoms with E-state index in [1.807, 2.05) is 20.1 Å². The van der Waals surface area contributed by atoms with Gasteiger partial charge in [0.25, 0.3) is 0 Å². The number of rotatable bonds is 10. The first-order chi connectivity index (χ1) is 13.0. The van der Waals surface area contributed by atoms with Crippen LogP contribution in [0.15, 0.2) is 22.4 Å². The highest BCUT2D eigenvalue weighted by Crippen LogP contribution is 2.38. The summed E-state index contributed by atoms with van der Waals surface area (Å²) in [6.07, 6.45) is 5.80. The molecule has 0 saturated heterocycles. The van der Waals surface area contributed by atoms with Crippen molar-refractivity contribution in [3.05, 3.63) is 33.6 Å². The van der Waals surface area contributed by atoms with E-state index < -0.39 is 4.92 Å². The van der Waals surface area contributed by atoms with Crippen LogP contribution in [0.25, 0.3) is 0 Å². The van der Waals surface area contributed by atoms with Crippen LogP contribution in [-0.2, 0) is 6.42 Å². The number of ether oxygens (including phenoxy) is 2. The summed E-state index contributed by atoms with van der Waals surface area (Å²) in [6.45, 7) is 4.36. The normalized spacial score (nSPS) is 11.1. The lowest BCUT2D eigenvalue weighted by Gasteiger charge is -2.11. The van der Waals surface area contributed by atoms with Crippen molar-refractivity contribution in [1.82, 2.24) is 14.9 Å². The molecule has 0 radical (unpaired) electrons. The third kappa shape index (κ3) is 4.97. The van der Waals surface area contributed by atoms with Crippen LogP contribution in [-0.4, -0.2) is 46.0 Å². The van der Waals surface area contributed by atoms with Gasteiger partial charge in [0.05, 0.1) is 24.9 Å². The van der Waals surface area contributed by atoms with E-state index in [9.17, 15) is 10.1 Å². The largest absolute Gasteiger partial charge is 0.493 e. The molecule has 0 bridgehead atoms. The Morgan fingerprint density at radius 2 is 2.15 bits per heavy atom. The van der Waals surface area contributed by atoms with Gasteiger partial charge >= 0.3 is 5.69 Å². The second-order valence-corrected chi connectivity index (χ2v) is 6.32. The van der Waals surface area contributed by atoms with Gasteiger partial charge in [0.15, 0.2) is 11.6 Å². The fraction of sp³-hybridized carbons (Fsp3) is 0.471. The van der Waals surface area contributed by atoms with Gasteiger partial charge in [-0.2, -0.15) is 9.78 Å². The van der Waals surface area contributed by atoms with Gasteiger partial charge in [-0.05, 0) is 18.7 Å². The minimum atomic E-state index is -0.481. The van der Waals surface area contributed by atoms with Crippen molar-refractivity contribution < 1.29 is 14.4 Å². The van der Waals surface area contributed by atoms with E-state index in [0.29, 0.717) is 35.3 Å². The Kier molecular flexibility index (Phi) is 7.59. The Morgan fingerprint density at radius 1 is 1.37 bits per heavy atom. The minimum Gasteiger partial charge on any atom is -0.493 e. The monoisotopic (exact) mass is 393 g/mol. The van der Waals surface area contributed by atoms with E-state index in [4.69, 9.17) is 9.47 Å². The minimum absolute atomic E-state index is 0.136. The zero-order valence-corrected chi connectivity index (χ0v) is 16.7. The zero-order valence-electron chi connectivity index (χ0n) is 15.8. The number of nitro groups is 1. The molecular formula is C17H23N5O4S. The lowest BCUT2D eigenvalue weighted by molar-refractivity contribution is -0.386. The molecule has 0 N–H and O–H groups in total. The van der Waals surface area contributed by atoms with Crippen LogP contribution in [0.4, 0.5) is 5.69 Å². The molecule has 0 unspecified atom stereocenters. The molecule has 0 saturated carbocycles. The van der Waals surface area contributed by atoms with E-state index in [1.165, 1.54) is 31.2 Å². The Hall–Kier alpha value is -2.62. The molecule has 2 rings (SSSR count). The number of hydrogen-bond donors (Lipinski definition) is 0. The topological polar surface area (TPSA) is 105 Å². The predicted octanol–water partition coefficient (Wildman–Crippen LogP) is 3.54. The van der Waals surface area contributed by atoms with Gasteiger partial charge in [-0.3, -0.25) is 10.1 Å². The van der Waals surface area contributed by atoms with Gasteiger partial charge < -0.3 is 9.47 Å². The van der Waals surface area contributed by atoms with Crippen LogP contribution < -0.4 is 9.47 Å². The number of hydrogen-bond acceptors (Lipinski definition) is 8. The standard InChI is InChI=1S/C17H23N5O4S/c1-5-7-8-26-16-13(22(23)24)9-12(10-14(16)25-3)11-18-21-15(6-2)19-20-17(21)27-4/h9-11H,5-8H2,1-4H3/b18-11-. The highest BCUT2D eigenvalue weighted by molar-refractivity contribution is 7.98. The number of thioether (sulfide) groups is 1. The average molecular weight is 393 g/mol. The van der Waals surface area contributed by atoms with Crippen LogP contribution in [0.3, 0.4) is 0 Å². The van der Waals surface area contributed by atoms with Crippen molar-refractivity contribution in [2.24, 2.45) is 5.10 Å². The number of nitrogens with zero attached hydrogens (tertiary/aromatic N) is 5.